The van der Waals surface area contributed by atoms with Crippen molar-refractivity contribution in [3.63, 3.8) is 0 Å². The number of carbonyl (C=O) groups excluding carboxylic acids is 2. The van der Waals surface area contributed by atoms with Gasteiger partial charge in [0.15, 0.2) is 0 Å². The lowest BCUT2D eigenvalue weighted by Gasteiger charge is -2.11. The van der Waals surface area contributed by atoms with E-state index in [0.29, 0.717) is 25.1 Å². The highest BCUT2D eigenvalue weighted by Crippen LogP contribution is 2.14. The van der Waals surface area contributed by atoms with Crippen molar-refractivity contribution < 1.29 is 9.59 Å². The lowest BCUT2D eigenvalue weighted by Crippen LogP contribution is -2.23. The zero-order valence-electron chi connectivity index (χ0n) is 15.8. The highest BCUT2D eigenvalue weighted by atomic mass is 35.5. The topological polar surface area (TPSA) is 84.2 Å². The summed E-state index contributed by atoms with van der Waals surface area (Å²) >= 11 is 0. The van der Waals surface area contributed by atoms with Crippen LogP contribution >= 0.6 is 12.4 Å². The Morgan fingerprint density at radius 1 is 1.11 bits per heavy atom. The fraction of sp³-hybridized carbons (Fsp3) is 0.333. The van der Waals surface area contributed by atoms with Gasteiger partial charge in [0.25, 0.3) is 0 Å². The molecule has 5 nitrogen and oxygen atoms in total. The summed E-state index contributed by atoms with van der Waals surface area (Å²) in [5.41, 5.74) is 9.28. The SMILES string of the molecule is CCC(C)C(=O)Nc1cccc(CNC(=O)CCc2ccccc2N)c1.Cl. The molecule has 146 valence electrons. The average Bonchev–Trinajstić information content (AvgIpc) is 2.65. The van der Waals surface area contributed by atoms with Gasteiger partial charge in [-0.1, -0.05) is 44.2 Å². The van der Waals surface area contributed by atoms with Gasteiger partial charge in [0.2, 0.25) is 11.8 Å². The molecule has 1 unspecified atom stereocenters. The van der Waals surface area contributed by atoms with E-state index >= 15 is 0 Å². The van der Waals surface area contributed by atoms with Gasteiger partial charge in [0, 0.05) is 30.3 Å². The lowest BCUT2D eigenvalue weighted by atomic mass is 10.1. The monoisotopic (exact) mass is 389 g/mol. The molecule has 0 saturated carbocycles. The van der Waals surface area contributed by atoms with Gasteiger partial charge in [0.1, 0.15) is 0 Å². The quantitative estimate of drug-likeness (QED) is 0.598. The van der Waals surface area contributed by atoms with Crippen LogP contribution < -0.4 is 16.4 Å². The maximum atomic E-state index is 12.1. The first-order valence-electron chi connectivity index (χ1n) is 8.99. The molecular formula is C21H28ClN3O2. The summed E-state index contributed by atoms with van der Waals surface area (Å²) in [4.78, 5) is 24.0. The van der Waals surface area contributed by atoms with Crippen LogP contribution in [0.25, 0.3) is 0 Å². The largest absolute Gasteiger partial charge is 0.399 e. The molecule has 2 rings (SSSR count). The smallest absolute Gasteiger partial charge is 0.227 e. The van der Waals surface area contributed by atoms with Crippen molar-refractivity contribution in [1.29, 1.82) is 0 Å². The van der Waals surface area contributed by atoms with Gasteiger partial charge >= 0.3 is 0 Å². The number of para-hydroxylation sites is 1. The van der Waals surface area contributed by atoms with Crippen molar-refractivity contribution in [3.05, 3.63) is 59.7 Å². The van der Waals surface area contributed by atoms with E-state index < -0.39 is 0 Å². The summed E-state index contributed by atoms with van der Waals surface area (Å²) in [6.45, 7) is 4.31. The van der Waals surface area contributed by atoms with E-state index in [4.69, 9.17) is 5.73 Å². The highest BCUT2D eigenvalue weighted by molar-refractivity contribution is 5.92. The van der Waals surface area contributed by atoms with Crippen LogP contribution in [0.3, 0.4) is 0 Å². The second kappa shape index (κ2) is 11.2. The van der Waals surface area contributed by atoms with E-state index in [1.54, 1.807) is 0 Å². The minimum atomic E-state index is -0.0257. The number of aryl methyl sites for hydroxylation is 1. The minimum Gasteiger partial charge on any atom is -0.399 e. The third kappa shape index (κ3) is 7.31. The van der Waals surface area contributed by atoms with Crippen molar-refractivity contribution in [1.82, 2.24) is 5.32 Å². The van der Waals surface area contributed by atoms with Gasteiger partial charge in [-0.25, -0.2) is 0 Å². The lowest BCUT2D eigenvalue weighted by molar-refractivity contribution is -0.121. The highest BCUT2D eigenvalue weighted by Gasteiger charge is 2.10. The zero-order chi connectivity index (χ0) is 18.9. The van der Waals surface area contributed by atoms with Crippen LogP contribution in [0, 0.1) is 5.92 Å². The molecule has 4 N–H and O–H groups in total. The Balaban J connectivity index is 0.00000364. The maximum absolute atomic E-state index is 12.1. The molecule has 0 bridgehead atoms. The number of nitrogens with two attached hydrogens (primary N) is 1. The first-order valence-corrected chi connectivity index (χ1v) is 8.99. The van der Waals surface area contributed by atoms with Crippen LogP contribution in [0.4, 0.5) is 11.4 Å². The summed E-state index contributed by atoms with van der Waals surface area (Å²) in [5.74, 6) is -0.0415. The van der Waals surface area contributed by atoms with Gasteiger partial charge < -0.3 is 16.4 Å². The van der Waals surface area contributed by atoms with E-state index in [9.17, 15) is 9.59 Å². The molecule has 0 aliphatic heterocycles. The molecule has 0 saturated heterocycles. The molecule has 0 aromatic heterocycles. The number of anilines is 2. The number of benzene rings is 2. The first-order chi connectivity index (χ1) is 12.5. The minimum absolute atomic E-state index is 0. The summed E-state index contributed by atoms with van der Waals surface area (Å²) in [6, 6.07) is 15.1. The van der Waals surface area contributed by atoms with Crippen LogP contribution in [-0.2, 0) is 22.6 Å². The van der Waals surface area contributed by atoms with Crippen LogP contribution in [-0.4, -0.2) is 11.8 Å². The van der Waals surface area contributed by atoms with Crippen molar-refractivity contribution >= 4 is 35.6 Å². The third-order valence-electron chi connectivity index (χ3n) is 4.42. The molecule has 0 heterocycles. The van der Waals surface area contributed by atoms with Gasteiger partial charge in [0.05, 0.1) is 0 Å². The first kappa shape index (κ1) is 22.5. The Morgan fingerprint density at radius 3 is 2.56 bits per heavy atom. The fourth-order valence-corrected chi connectivity index (χ4v) is 2.51. The predicted octanol–water partition coefficient (Wildman–Crippen LogP) is 3.92. The van der Waals surface area contributed by atoms with E-state index in [2.05, 4.69) is 10.6 Å². The Bertz CT molecular complexity index is 765. The molecule has 2 aromatic rings. The molecule has 2 amide bonds. The van der Waals surface area contributed by atoms with E-state index in [0.717, 1.165) is 23.2 Å². The normalized spacial score (nSPS) is 11.2. The standard InChI is InChI=1S/C21H27N3O2.ClH/c1-3-15(2)21(26)24-18-9-6-7-16(13-18)14-23-20(25)12-11-17-8-4-5-10-19(17)22;/h4-10,13,15H,3,11-12,14,22H2,1-2H3,(H,23,25)(H,24,26);1H. The van der Waals surface area contributed by atoms with Crippen LogP contribution in [0.5, 0.6) is 0 Å². The van der Waals surface area contributed by atoms with Gasteiger partial charge in [-0.05, 0) is 42.2 Å². The van der Waals surface area contributed by atoms with Crippen LogP contribution in [0.1, 0.15) is 37.8 Å². The summed E-state index contributed by atoms with van der Waals surface area (Å²) in [6.07, 6.45) is 1.80. The van der Waals surface area contributed by atoms with Crippen LogP contribution in [0.15, 0.2) is 48.5 Å². The van der Waals surface area contributed by atoms with Gasteiger partial charge in [-0.2, -0.15) is 0 Å². The molecule has 27 heavy (non-hydrogen) atoms. The Hall–Kier alpha value is -2.53. The molecule has 0 spiro atoms. The molecule has 2 aromatic carbocycles. The van der Waals surface area contributed by atoms with Crippen LogP contribution in [0.2, 0.25) is 0 Å². The Morgan fingerprint density at radius 2 is 1.85 bits per heavy atom. The summed E-state index contributed by atoms with van der Waals surface area (Å²) in [5, 5.41) is 5.82. The number of carbonyl (C=O) groups is 2. The summed E-state index contributed by atoms with van der Waals surface area (Å²) in [7, 11) is 0. The van der Waals surface area contributed by atoms with Crippen molar-refractivity contribution in [2.24, 2.45) is 5.92 Å². The number of nitrogen functional groups attached to an aromatic ring is 1. The maximum Gasteiger partial charge on any atom is 0.227 e. The van der Waals surface area contributed by atoms with E-state index in [1.807, 2.05) is 62.4 Å². The molecule has 1 atom stereocenters. The van der Waals surface area contributed by atoms with Gasteiger partial charge in [-0.15, -0.1) is 12.4 Å². The average molecular weight is 390 g/mol. The van der Waals surface area contributed by atoms with Crippen molar-refractivity contribution in [3.8, 4) is 0 Å². The number of nitrogens with one attached hydrogen (secondary N) is 2. The second-order valence-electron chi connectivity index (χ2n) is 6.47. The molecule has 0 aliphatic rings. The van der Waals surface area contributed by atoms with E-state index in [-0.39, 0.29) is 30.1 Å². The van der Waals surface area contributed by atoms with E-state index in [1.165, 1.54) is 0 Å². The Labute approximate surface area is 167 Å². The summed E-state index contributed by atoms with van der Waals surface area (Å²) < 4.78 is 0. The molecule has 0 aliphatic carbocycles. The number of halogens is 1. The van der Waals surface area contributed by atoms with Gasteiger partial charge in [-0.3, -0.25) is 9.59 Å². The van der Waals surface area contributed by atoms with Crippen molar-refractivity contribution in [2.45, 2.75) is 39.7 Å². The third-order valence-corrected chi connectivity index (χ3v) is 4.42. The fourth-order valence-electron chi connectivity index (χ4n) is 2.51. The molecule has 6 heteroatoms. The number of hydrogen-bond acceptors (Lipinski definition) is 3. The Kier molecular flexibility index (Phi) is 9.37. The number of hydrogen-bond donors (Lipinski definition) is 3. The number of rotatable bonds is 8. The molecular weight excluding hydrogens is 362 g/mol. The van der Waals surface area contributed by atoms with Crippen molar-refractivity contribution in [2.75, 3.05) is 11.1 Å². The number of amides is 2. The predicted molar refractivity (Wildman–Crippen MR) is 113 cm³/mol. The second-order valence-corrected chi connectivity index (χ2v) is 6.47. The molecule has 0 radical (unpaired) electrons. The zero-order valence-corrected chi connectivity index (χ0v) is 16.6. The molecule has 0 fully saturated rings.